The Morgan fingerprint density at radius 2 is 1.95 bits per heavy atom. The number of hydrogen-bond acceptors (Lipinski definition) is 3. The van der Waals surface area contributed by atoms with Crippen molar-refractivity contribution in [1.29, 1.82) is 0 Å². The third-order valence-corrected chi connectivity index (χ3v) is 4.32. The van der Waals surface area contributed by atoms with Crippen LogP contribution in [-0.4, -0.2) is 11.8 Å². The molecule has 4 heteroatoms. The summed E-state index contributed by atoms with van der Waals surface area (Å²) in [5.41, 5.74) is -0.294. The highest BCUT2D eigenvalue weighted by molar-refractivity contribution is 9.10. The number of hydrogen-bond donors (Lipinski definition) is 0. The molecular formula is C18H13BrO3. The molecule has 1 heterocycles. The second-order valence-electron chi connectivity index (χ2n) is 5.12. The average Bonchev–Trinajstić information content (AvgIpc) is 2.81. The van der Waals surface area contributed by atoms with Crippen molar-refractivity contribution in [1.82, 2.24) is 0 Å². The fourth-order valence-electron chi connectivity index (χ4n) is 2.78. The average molecular weight is 357 g/mol. The molecule has 3 rings (SSSR count). The number of fused-ring (bicyclic) bond motifs is 1. The summed E-state index contributed by atoms with van der Waals surface area (Å²) in [5, 5.41) is 0. The highest BCUT2D eigenvalue weighted by Gasteiger charge is 2.54. The number of carbonyl (C=O) groups excluding carboxylic acids is 2. The number of Topliss-reactive ketones (excluding diaryl/α,β-unsaturated/α-hetero) is 1. The Balaban J connectivity index is 2.22. The Morgan fingerprint density at radius 1 is 1.23 bits per heavy atom. The Morgan fingerprint density at radius 3 is 2.64 bits per heavy atom. The Kier molecular flexibility index (Phi) is 3.71. The molecule has 110 valence electrons. The van der Waals surface area contributed by atoms with Gasteiger partial charge in [-0.3, -0.25) is 9.59 Å². The van der Waals surface area contributed by atoms with E-state index in [0.717, 1.165) is 4.47 Å². The minimum Gasteiger partial charge on any atom is -0.425 e. The largest absolute Gasteiger partial charge is 0.425 e. The minimum atomic E-state index is -1.36. The number of ether oxygens (including phenoxy) is 1. The molecule has 0 N–H and O–H groups in total. The highest BCUT2D eigenvalue weighted by Crippen LogP contribution is 2.45. The van der Waals surface area contributed by atoms with Gasteiger partial charge in [0.1, 0.15) is 5.75 Å². The van der Waals surface area contributed by atoms with Crippen molar-refractivity contribution in [2.45, 2.75) is 11.8 Å². The summed E-state index contributed by atoms with van der Waals surface area (Å²) in [5.74, 6) is -0.386. The summed E-state index contributed by atoms with van der Waals surface area (Å²) in [6.07, 6.45) is 1.78. The lowest BCUT2D eigenvalue weighted by molar-refractivity contribution is -0.136. The topological polar surface area (TPSA) is 43.4 Å². The van der Waals surface area contributed by atoms with Gasteiger partial charge in [0, 0.05) is 15.6 Å². The van der Waals surface area contributed by atoms with Gasteiger partial charge in [-0.15, -0.1) is 6.58 Å². The van der Waals surface area contributed by atoms with E-state index in [1.165, 1.54) is 0 Å². The van der Waals surface area contributed by atoms with Crippen LogP contribution in [0.15, 0.2) is 65.7 Å². The van der Waals surface area contributed by atoms with Gasteiger partial charge in [0.2, 0.25) is 0 Å². The van der Waals surface area contributed by atoms with E-state index in [9.17, 15) is 9.59 Å². The van der Waals surface area contributed by atoms with Gasteiger partial charge in [0.25, 0.3) is 0 Å². The molecule has 0 spiro atoms. The lowest BCUT2D eigenvalue weighted by atomic mass is 9.73. The third kappa shape index (κ3) is 2.11. The number of halogens is 1. The number of esters is 1. The van der Waals surface area contributed by atoms with Crippen molar-refractivity contribution in [3.63, 3.8) is 0 Å². The molecule has 0 aliphatic carbocycles. The van der Waals surface area contributed by atoms with Crippen molar-refractivity contribution in [3.8, 4) is 5.75 Å². The standard InChI is InChI=1S/C18H13BrO3/c1-2-10-18(16(20)12-6-4-3-5-7-12)14-11-13(19)8-9-15(14)22-17(18)21/h2-9,11H,1,10H2. The molecule has 22 heavy (non-hydrogen) atoms. The van der Waals surface area contributed by atoms with E-state index in [1.807, 2.05) is 6.07 Å². The van der Waals surface area contributed by atoms with Gasteiger partial charge in [-0.2, -0.15) is 0 Å². The maximum atomic E-state index is 13.1. The van der Waals surface area contributed by atoms with Crippen LogP contribution in [0.3, 0.4) is 0 Å². The molecule has 0 saturated heterocycles. The molecule has 0 saturated carbocycles. The fourth-order valence-corrected chi connectivity index (χ4v) is 3.14. The first kappa shape index (κ1) is 14.7. The lowest BCUT2D eigenvalue weighted by Gasteiger charge is -2.23. The molecule has 0 radical (unpaired) electrons. The van der Waals surface area contributed by atoms with Crippen LogP contribution in [0.25, 0.3) is 0 Å². The molecular weight excluding hydrogens is 344 g/mol. The summed E-state index contributed by atoms with van der Waals surface area (Å²) in [7, 11) is 0. The van der Waals surface area contributed by atoms with Gasteiger partial charge >= 0.3 is 5.97 Å². The maximum Gasteiger partial charge on any atom is 0.330 e. The molecule has 1 unspecified atom stereocenters. The zero-order valence-corrected chi connectivity index (χ0v) is 13.3. The zero-order chi connectivity index (χ0) is 15.7. The third-order valence-electron chi connectivity index (χ3n) is 3.83. The van der Waals surface area contributed by atoms with Crippen molar-refractivity contribution in [2.75, 3.05) is 0 Å². The van der Waals surface area contributed by atoms with E-state index >= 15 is 0 Å². The van der Waals surface area contributed by atoms with E-state index in [-0.39, 0.29) is 12.2 Å². The van der Waals surface area contributed by atoms with Crippen LogP contribution >= 0.6 is 15.9 Å². The minimum absolute atomic E-state index is 0.197. The molecule has 0 amide bonds. The van der Waals surface area contributed by atoms with E-state index in [0.29, 0.717) is 16.9 Å². The van der Waals surface area contributed by atoms with Gasteiger partial charge in [-0.1, -0.05) is 52.3 Å². The zero-order valence-electron chi connectivity index (χ0n) is 11.7. The molecule has 2 aromatic carbocycles. The van der Waals surface area contributed by atoms with E-state index in [4.69, 9.17) is 4.74 Å². The molecule has 0 bridgehead atoms. The molecule has 0 fully saturated rings. The number of allylic oxidation sites excluding steroid dienone is 1. The van der Waals surface area contributed by atoms with Crippen LogP contribution in [0.4, 0.5) is 0 Å². The second-order valence-corrected chi connectivity index (χ2v) is 6.04. The van der Waals surface area contributed by atoms with Crippen LogP contribution in [-0.2, 0) is 10.2 Å². The Hall–Kier alpha value is -2.20. The predicted octanol–water partition coefficient (Wildman–Crippen LogP) is 4.06. The molecule has 3 nitrogen and oxygen atoms in total. The van der Waals surface area contributed by atoms with Crippen LogP contribution in [0, 0.1) is 0 Å². The summed E-state index contributed by atoms with van der Waals surface area (Å²) in [4.78, 5) is 25.6. The molecule has 1 aliphatic heterocycles. The van der Waals surface area contributed by atoms with Crippen LogP contribution in [0.1, 0.15) is 22.3 Å². The van der Waals surface area contributed by atoms with Crippen molar-refractivity contribution in [3.05, 3.63) is 76.8 Å². The van der Waals surface area contributed by atoms with Gasteiger partial charge in [0.15, 0.2) is 11.2 Å². The van der Waals surface area contributed by atoms with Gasteiger partial charge < -0.3 is 4.74 Å². The second kappa shape index (κ2) is 5.54. The SMILES string of the molecule is C=CCC1(C(=O)c2ccccc2)C(=O)Oc2ccc(Br)cc21. The molecule has 1 aliphatic rings. The van der Waals surface area contributed by atoms with Crippen molar-refractivity contribution in [2.24, 2.45) is 0 Å². The first-order chi connectivity index (χ1) is 10.6. The van der Waals surface area contributed by atoms with E-state index < -0.39 is 11.4 Å². The van der Waals surface area contributed by atoms with Crippen molar-refractivity contribution < 1.29 is 14.3 Å². The summed E-state index contributed by atoms with van der Waals surface area (Å²) in [6.45, 7) is 3.70. The van der Waals surface area contributed by atoms with Crippen LogP contribution in [0.5, 0.6) is 5.75 Å². The first-order valence-corrected chi connectivity index (χ1v) is 7.62. The van der Waals surface area contributed by atoms with E-state index in [2.05, 4.69) is 22.5 Å². The summed E-state index contributed by atoms with van der Waals surface area (Å²) < 4.78 is 6.14. The number of carbonyl (C=O) groups is 2. The monoisotopic (exact) mass is 356 g/mol. The number of ketones is 1. The number of rotatable bonds is 4. The summed E-state index contributed by atoms with van der Waals surface area (Å²) in [6, 6.07) is 14.0. The Bertz CT molecular complexity index is 767. The Labute approximate surface area is 136 Å². The van der Waals surface area contributed by atoms with Crippen LogP contribution < -0.4 is 4.74 Å². The maximum absolute atomic E-state index is 13.1. The smallest absolute Gasteiger partial charge is 0.330 e. The lowest BCUT2D eigenvalue weighted by Crippen LogP contribution is -2.41. The van der Waals surface area contributed by atoms with Crippen LogP contribution in [0.2, 0.25) is 0 Å². The molecule has 0 aromatic heterocycles. The normalized spacial score (nSPS) is 19.4. The predicted molar refractivity (Wildman–Crippen MR) is 87.0 cm³/mol. The van der Waals surface area contributed by atoms with Gasteiger partial charge in [0.05, 0.1) is 0 Å². The fraction of sp³-hybridized carbons (Fsp3) is 0.111. The van der Waals surface area contributed by atoms with Crippen molar-refractivity contribution >= 4 is 27.7 Å². The highest BCUT2D eigenvalue weighted by atomic mass is 79.9. The van der Waals surface area contributed by atoms with Gasteiger partial charge in [-0.25, -0.2) is 0 Å². The number of benzene rings is 2. The van der Waals surface area contributed by atoms with Gasteiger partial charge in [-0.05, 0) is 24.6 Å². The first-order valence-electron chi connectivity index (χ1n) is 6.82. The quantitative estimate of drug-likeness (QED) is 0.272. The molecule has 2 aromatic rings. The summed E-state index contributed by atoms with van der Waals surface area (Å²) >= 11 is 3.39. The van der Waals surface area contributed by atoms with E-state index in [1.54, 1.807) is 48.5 Å². The molecule has 1 atom stereocenters.